The second-order valence-electron chi connectivity index (χ2n) is 10.1. The summed E-state index contributed by atoms with van der Waals surface area (Å²) < 4.78 is 28.1. The molecule has 1 amide bonds. The van der Waals surface area contributed by atoms with Crippen LogP contribution in [0.1, 0.15) is 33.6 Å². The first kappa shape index (κ1) is 34.3. The van der Waals surface area contributed by atoms with Gasteiger partial charge in [-0.1, -0.05) is 48.0 Å². The van der Waals surface area contributed by atoms with Crippen LogP contribution in [0.2, 0.25) is 5.02 Å². The molecular weight excluding hydrogens is 639 g/mol. The molecule has 9 nitrogen and oxygen atoms in total. The molecule has 2 heterocycles. The third-order valence-corrected chi connectivity index (χ3v) is 9.48. The third kappa shape index (κ3) is 8.56. The molecule has 0 fully saturated rings. The molecule has 0 N–H and O–H groups in total. The molecule has 45 heavy (non-hydrogen) atoms. The highest BCUT2D eigenvalue weighted by atomic mass is 35.5. The summed E-state index contributed by atoms with van der Waals surface area (Å²) in [6, 6.07) is 16.6. The van der Waals surface area contributed by atoms with E-state index in [9.17, 15) is 18.8 Å². The Morgan fingerprint density at radius 3 is 2.49 bits per heavy atom. The van der Waals surface area contributed by atoms with Crippen LogP contribution in [0.25, 0.3) is 10.8 Å². The number of fused-ring (bicyclic) bond motifs is 2. The van der Waals surface area contributed by atoms with Gasteiger partial charge in [0, 0.05) is 36.5 Å². The Morgan fingerprint density at radius 1 is 1.09 bits per heavy atom. The fourth-order valence-corrected chi connectivity index (χ4v) is 6.75. The van der Waals surface area contributed by atoms with E-state index in [1.165, 1.54) is 13.2 Å². The van der Waals surface area contributed by atoms with Crippen LogP contribution in [-0.2, 0) is 27.4 Å². The number of methoxy groups -OCH3 is 1. The number of aromatic nitrogens is 2. The zero-order valence-electron chi connectivity index (χ0n) is 25.6. The van der Waals surface area contributed by atoms with Crippen molar-refractivity contribution in [2.45, 2.75) is 57.7 Å². The maximum Gasteiger partial charge on any atom is 0.325 e. The Bertz CT molecular complexity index is 1780. The largest absolute Gasteiger partial charge is 0.480 e. The summed E-state index contributed by atoms with van der Waals surface area (Å²) in [7, 11) is 1.30. The zero-order valence-corrected chi connectivity index (χ0v) is 28.0. The van der Waals surface area contributed by atoms with Crippen LogP contribution in [0, 0.1) is 5.82 Å². The van der Waals surface area contributed by atoms with Gasteiger partial charge < -0.3 is 14.4 Å². The van der Waals surface area contributed by atoms with E-state index in [0.29, 0.717) is 35.9 Å². The van der Waals surface area contributed by atoms with Crippen LogP contribution in [0.5, 0.6) is 5.75 Å². The summed E-state index contributed by atoms with van der Waals surface area (Å²) in [6.07, 6.45) is 1.42. The van der Waals surface area contributed by atoms with Crippen molar-refractivity contribution in [1.29, 1.82) is 0 Å². The van der Waals surface area contributed by atoms with Gasteiger partial charge in [-0.05, 0) is 68.5 Å². The molecule has 1 atom stereocenters. The second-order valence-corrected chi connectivity index (χ2v) is 12.4. The minimum atomic E-state index is -0.580. The van der Waals surface area contributed by atoms with Crippen molar-refractivity contribution in [3.63, 3.8) is 0 Å². The molecule has 1 aliphatic rings. The lowest BCUT2D eigenvalue weighted by molar-refractivity contribution is -0.138. The number of benzene rings is 3. The summed E-state index contributed by atoms with van der Waals surface area (Å²) in [6.45, 7) is 8.50. The van der Waals surface area contributed by atoms with Crippen LogP contribution < -0.4 is 14.4 Å². The SMILES string of the molecule is CCN(CC)C(=O)C(C)Oc1cccc2ccccc12.COC(=O)CSc1cc(N=c2sc(=O)n3n2CCCC3)c(F)cc1Cl. The number of nitrogens with zero attached hydrogens (tertiary/aromatic N) is 4. The van der Waals surface area contributed by atoms with E-state index in [1.54, 1.807) is 14.3 Å². The lowest BCUT2D eigenvalue weighted by Gasteiger charge is -2.23. The summed E-state index contributed by atoms with van der Waals surface area (Å²) >= 11 is 8.17. The van der Waals surface area contributed by atoms with Crippen LogP contribution in [0.3, 0.4) is 0 Å². The number of likely N-dealkylation sites (N-methyl/N-ethyl adjacent to an activating group) is 1. The average Bonchev–Trinajstić information content (AvgIpc) is 3.37. The van der Waals surface area contributed by atoms with Crippen LogP contribution in [-0.4, -0.2) is 58.2 Å². The normalized spacial score (nSPS) is 13.4. The standard InChI is InChI=1S/C17H21NO2.C15H15ClFN3O3S2/c1-4-18(5-2)17(19)13(3)20-16-12-8-10-14-9-6-7-11-15(14)16;1-23-13(21)8-24-12-7-11(10(17)6-9(12)16)18-14-19-4-2-3-5-20(19)15(22)25-14/h6-13H,4-5H2,1-3H3;6-7H,2-5,8H2,1H3. The molecule has 0 bridgehead atoms. The summed E-state index contributed by atoms with van der Waals surface area (Å²) in [4.78, 5) is 42.5. The van der Waals surface area contributed by atoms with Gasteiger partial charge in [-0.2, -0.15) is 0 Å². The van der Waals surface area contributed by atoms with E-state index in [4.69, 9.17) is 16.3 Å². The van der Waals surface area contributed by atoms with Gasteiger partial charge in [0.15, 0.2) is 6.10 Å². The highest BCUT2D eigenvalue weighted by Crippen LogP contribution is 2.33. The van der Waals surface area contributed by atoms with Gasteiger partial charge in [0.25, 0.3) is 5.91 Å². The van der Waals surface area contributed by atoms with E-state index < -0.39 is 17.9 Å². The van der Waals surface area contributed by atoms with Crippen molar-refractivity contribution < 1.29 is 23.5 Å². The Kier molecular flexibility index (Phi) is 12.3. The summed E-state index contributed by atoms with van der Waals surface area (Å²) in [5, 5.41) is 2.35. The Morgan fingerprint density at radius 2 is 1.78 bits per heavy atom. The molecule has 1 aliphatic heterocycles. The summed E-state index contributed by atoms with van der Waals surface area (Å²) in [5.41, 5.74) is 0.0829. The first-order valence-electron chi connectivity index (χ1n) is 14.6. The molecule has 0 radical (unpaired) electrons. The van der Waals surface area contributed by atoms with E-state index in [2.05, 4.69) is 9.73 Å². The number of hydrogen-bond acceptors (Lipinski definition) is 8. The van der Waals surface area contributed by atoms with Crippen molar-refractivity contribution in [2.24, 2.45) is 4.99 Å². The number of esters is 1. The average molecular weight is 675 g/mol. The number of carbonyl (C=O) groups excluding carboxylic acids is 2. The van der Waals surface area contributed by atoms with E-state index >= 15 is 0 Å². The fourth-order valence-electron chi connectivity index (χ4n) is 4.76. The van der Waals surface area contributed by atoms with Crippen molar-refractivity contribution in [1.82, 2.24) is 14.3 Å². The number of hydrogen-bond donors (Lipinski definition) is 0. The predicted octanol–water partition coefficient (Wildman–Crippen LogP) is 6.27. The number of ether oxygens (including phenoxy) is 2. The maximum atomic E-state index is 14.3. The molecule has 3 aromatic carbocycles. The molecule has 13 heteroatoms. The molecule has 0 spiro atoms. The van der Waals surface area contributed by atoms with Gasteiger partial charge in [-0.15, -0.1) is 11.8 Å². The number of amides is 1. The minimum Gasteiger partial charge on any atom is -0.480 e. The number of thioether (sulfide) groups is 1. The number of carbonyl (C=O) groups is 2. The predicted molar refractivity (Wildman–Crippen MR) is 177 cm³/mol. The highest BCUT2D eigenvalue weighted by Gasteiger charge is 2.20. The maximum absolute atomic E-state index is 14.3. The summed E-state index contributed by atoms with van der Waals surface area (Å²) in [5.74, 6) is -0.132. The topological polar surface area (TPSA) is 95.1 Å². The molecular formula is C32H36ClFN4O5S2. The lowest BCUT2D eigenvalue weighted by atomic mass is 10.1. The quantitative estimate of drug-likeness (QED) is 0.153. The zero-order chi connectivity index (χ0) is 32.5. The number of halogens is 2. The third-order valence-electron chi connectivity index (χ3n) is 7.16. The van der Waals surface area contributed by atoms with E-state index in [0.717, 1.165) is 58.5 Å². The van der Waals surface area contributed by atoms with Gasteiger partial charge in [-0.3, -0.25) is 19.1 Å². The van der Waals surface area contributed by atoms with Crippen molar-refractivity contribution in [3.8, 4) is 5.75 Å². The second kappa shape index (κ2) is 16.1. The number of rotatable bonds is 9. The van der Waals surface area contributed by atoms with Gasteiger partial charge in [0.05, 0.1) is 17.9 Å². The van der Waals surface area contributed by atoms with Crippen LogP contribution in [0.15, 0.2) is 69.3 Å². The smallest absolute Gasteiger partial charge is 0.325 e. The fraction of sp³-hybridized carbons (Fsp3) is 0.375. The first-order chi connectivity index (χ1) is 21.7. The van der Waals surface area contributed by atoms with Gasteiger partial charge in [0.2, 0.25) is 4.80 Å². The lowest BCUT2D eigenvalue weighted by Crippen LogP contribution is -2.40. The molecule has 0 aliphatic carbocycles. The Balaban J connectivity index is 0.000000210. The van der Waals surface area contributed by atoms with Gasteiger partial charge >= 0.3 is 10.8 Å². The highest BCUT2D eigenvalue weighted by molar-refractivity contribution is 8.00. The van der Waals surface area contributed by atoms with Crippen LogP contribution in [0.4, 0.5) is 10.1 Å². The van der Waals surface area contributed by atoms with Crippen molar-refractivity contribution in [2.75, 3.05) is 26.0 Å². The first-order valence-corrected chi connectivity index (χ1v) is 16.8. The van der Waals surface area contributed by atoms with Crippen LogP contribution >= 0.6 is 34.7 Å². The Hall–Kier alpha value is -3.61. The molecule has 240 valence electrons. The monoisotopic (exact) mass is 674 g/mol. The van der Waals surface area contributed by atoms with E-state index in [-0.39, 0.29) is 27.2 Å². The van der Waals surface area contributed by atoms with Crippen molar-refractivity contribution in [3.05, 3.63) is 79.9 Å². The van der Waals surface area contributed by atoms with Gasteiger partial charge in [-0.25, -0.2) is 14.1 Å². The molecule has 1 aromatic heterocycles. The van der Waals surface area contributed by atoms with Gasteiger partial charge in [0.1, 0.15) is 17.3 Å². The molecule has 0 saturated heterocycles. The van der Waals surface area contributed by atoms with E-state index in [1.807, 2.05) is 63.2 Å². The minimum absolute atomic E-state index is 0.0305. The molecule has 1 unspecified atom stereocenters. The molecule has 5 rings (SSSR count). The van der Waals surface area contributed by atoms with Crippen molar-refractivity contribution >= 4 is 63.0 Å². The molecule has 4 aromatic rings. The Labute approximate surface area is 274 Å². The molecule has 0 saturated carbocycles.